The monoisotopic (exact) mass is 529 g/mol. The summed E-state index contributed by atoms with van der Waals surface area (Å²) >= 11 is 0. The van der Waals surface area contributed by atoms with Crippen molar-refractivity contribution in [3.05, 3.63) is 0 Å². The van der Waals surface area contributed by atoms with Crippen LogP contribution in [0.5, 0.6) is 0 Å². The van der Waals surface area contributed by atoms with Gasteiger partial charge in [0, 0.05) is 19.6 Å². The first-order chi connectivity index (χ1) is 14.8. The van der Waals surface area contributed by atoms with Crippen molar-refractivity contribution in [2.24, 2.45) is 10.9 Å². The Hall–Kier alpha value is -2.76. The third kappa shape index (κ3) is 5.65. The van der Waals surface area contributed by atoms with Gasteiger partial charge < -0.3 is 15.4 Å². The molecule has 0 aromatic rings. The van der Waals surface area contributed by atoms with Gasteiger partial charge in [0.25, 0.3) is 5.54 Å². The number of methoxy groups -OCH3 is 1. The lowest BCUT2D eigenvalue weighted by Crippen LogP contribution is -2.74. The summed E-state index contributed by atoms with van der Waals surface area (Å²) in [5.74, 6) is -11.0. The number of alkyl halides is 12. The molecule has 1 atom stereocenters. The molecule has 7 nitrogen and oxygen atoms in total. The van der Waals surface area contributed by atoms with Crippen LogP contribution in [0.15, 0.2) is 4.99 Å². The predicted octanol–water partition coefficient (Wildman–Crippen LogP) is 3.19. The molecule has 0 aliphatic carbocycles. The van der Waals surface area contributed by atoms with E-state index in [1.165, 1.54) is 0 Å². The van der Waals surface area contributed by atoms with Crippen molar-refractivity contribution in [1.29, 1.82) is 0 Å². The van der Waals surface area contributed by atoms with Crippen molar-refractivity contribution < 1.29 is 71.8 Å². The number of nitrogens with zero attached hydrogens (tertiary/aromatic N) is 1. The average molecular weight is 529 g/mol. The Morgan fingerprint density at radius 2 is 1.03 bits per heavy atom. The number of ether oxygens (including phenoxy) is 1. The summed E-state index contributed by atoms with van der Waals surface area (Å²) in [4.78, 5) is 36.2. The lowest BCUT2D eigenvalue weighted by molar-refractivity contribution is -0.314. The van der Waals surface area contributed by atoms with Crippen LogP contribution in [0.2, 0.25) is 0 Å². The zero-order chi connectivity index (χ0) is 27.7. The molecule has 0 saturated heterocycles. The fourth-order valence-corrected chi connectivity index (χ4v) is 2.80. The van der Waals surface area contributed by atoms with Crippen molar-refractivity contribution in [3.63, 3.8) is 0 Å². The zero-order valence-electron chi connectivity index (χ0n) is 17.2. The third-order valence-corrected chi connectivity index (χ3v) is 4.08. The first-order valence-electron chi connectivity index (χ1n) is 8.31. The number of nitrogens with one attached hydrogen (secondary N) is 2. The highest BCUT2D eigenvalue weighted by Gasteiger charge is 2.78. The Morgan fingerprint density at radius 3 is 1.26 bits per heavy atom. The Kier molecular flexibility index (Phi) is 8.70. The minimum absolute atomic E-state index is 0.0973. The number of hydrogen-bond acceptors (Lipinski definition) is 5. The summed E-state index contributed by atoms with van der Waals surface area (Å²) in [6.07, 6.45) is -26.9. The predicted molar refractivity (Wildman–Crippen MR) is 85.9 cm³/mol. The van der Waals surface area contributed by atoms with E-state index in [0.717, 1.165) is 0 Å². The summed E-state index contributed by atoms with van der Waals surface area (Å²) in [6.45, 7) is 0.00561. The van der Waals surface area contributed by atoms with Gasteiger partial charge in [0.1, 0.15) is 5.92 Å². The van der Waals surface area contributed by atoms with Gasteiger partial charge in [-0.1, -0.05) is 0 Å². The Labute approximate surface area is 181 Å². The Bertz CT molecular complexity index is 798. The lowest BCUT2D eigenvalue weighted by atomic mass is 9.78. The maximum Gasteiger partial charge on any atom is 0.441 e. The van der Waals surface area contributed by atoms with Gasteiger partial charge in [0.05, 0.1) is 7.11 Å². The van der Waals surface area contributed by atoms with Gasteiger partial charge in [-0.05, 0) is 6.92 Å². The van der Waals surface area contributed by atoms with Gasteiger partial charge in [0.2, 0.25) is 11.8 Å². The minimum Gasteiger partial charge on any atom is -0.468 e. The molecule has 0 rings (SSSR count). The van der Waals surface area contributed by atoms with Crippen LogP contribution in [0.4, 0.5) is 52.7 Å². The maximum atomic E-state index is 13.7. The molecule has 0 aliphatic heterocycles. The summed E-state index contributed by atoms with van der Waals surface area (Å²) < 4.78 is 167. The highest BCUT2D eigenvalue weighted by Crippen LogP contribution is 2.50. The first kappa shape index (κ1) is 31.2. The number of rotatable bonds is 6. The van der Waals surface area contributed by atoms with Crippen LogP contribution in [0.25, 0.3) is 0 Å². The summed E-state index contributed by atoms with van der Waals surface area (Å²) in [6, 6.07) is 0. The van der Waals surface area contributed by atoms with Gasteiger partial charge in [-0.3, -0.25) is 14.4 Å². The molecule has 1 unspecified atom stereocenters. The largest absolute Gasteiger partial charge is 0.468 e. The van der Waals surface area contributed by atoms with E-state index in [-0.39, 0.29) is 27.9 Å². The molecule has 0 aliphatic rings. The standard InChI is InChI=1S/C15H15F12N3O4/c1-5(28-11(14(22,23)24,15(25,26)27)30-7(3)32)8(9(33)34-4)10(12(16,17)18,13(19,20)21)29-6(2)31/h8H,1-4H3,(H,29,31)(H,30,32). The fourth-order valence-electron chi connectivity index (χ4n) is 2.80. The Balaban J connectivity index is 7.79. The number of carbonyl (C=O) groups is 3. The number of carbonyl (C=O) groups excluding carboxylic acids is 3. The van der Waals surface area contributed by atoms with Crippen LogP contribution in [0, 0.1) is 5.92 Å². The molecular weight excluding hydrogens is 514 g/mol. The summed E-state index contributed by atoms with van der Waals surface area (Å²) in [7, 11) is 0.169. The van der Waals surface area contributed by atoms with Gasteiger partial charge in [-0.2, -0.15) is 52.7 Å². The van der Waals surface area contributed by atoms with Crippen LogP contribution in [-0.2, 0) is 19.1 Å². The van der Waals surface area contributed by atoms with Gasteiger partial charge >= 0.3 is 36.3 Å². The molecule has 0 heterocycles. The molecule has 34 heavy (non-hydrogen) atoms. The van der Waals surface area contributed by atoms with Gasteiger partial charge in [0.15, 0.2) is 0 Å². The maximum absolute atomic E-state index is 13.7. The fraction of sp³-hybridized carbons (Fsp3) is 0.733. The van der Waals surface area contributed by atoms with E-state index in [1.54, 1.807) is 0 Å². The molecule has 0 aromatic heterocycles. The van der Waals surface area contributed by atoms with E-state index in [0.29, 0.717) is 10.6 Å². The van der Waals surface area contributed by atoms with Crippen molar-refractivity contribution in [3.8, 4) is 0 Å². The second-order valence-electron chi connectivity index (χ2n) is 6.58. The second kappa shape index (κ2) is 9.47. The number of aliphatic imine (C=N–C) groups is 1. The molecule has 2 amide bonds. The molecule has 0 spiro atoms. The van der Waals surface area contributed by atoms with Crippen LogP contribution in [0.3, 0.4) is 0 Å². The van der Waals surface area contributed by atoms with E-state index in [2.05, 4.69) is 4.74 Å². The van der Waals surface area contributed by atoms with Crippen LogP contribution in [-0.4, -0.2) is 66.5 Å². The molecule has 198 valence electrons. The van der Waals surface area contributed by atoms with Crippen molar-refractivity contribution in [2.75, 3.05) is 7.11 Å². The van der Waals surface area contributed by atoms with Crippen molar-refractivity contribution in [1.82, 2.24) is 10.6 Å². The smallest absolute Gasteiger partial charge is 0.441 e. The first-order valence-corrected chi connectivity index (χ1v) is 8.31. The van der Waals surface area contributed by atoms with E-state index in [1.807, 2.05) is 4.99 Å². The average Bonchev–Trinajstić information content (AvgIpc) is 2.55. The molecule has 0 saturated carbocycles. The highest BCUT2D eigenvalue weighted by molar-refractivity contribution is 6.03. The van der Waals surface area contributed by atoms with Crippen molar-refractivity contribution in [2.45, 2.75) is 56.7 Å². The number of halogens is 12. The SMILES string of the molecule is COC(=O)C(C(C)=NC(NC(C)=O)(C(F)(F)F)C(F)(F)F)C(NC(C)=O)(C(F)(F)F)C(F)(F)F. The molecule has 0 radical (unpaired) electrons. The van der Waals surface area contributed by atoms with E-state index >= 15 is 0 Å². The van der Waals surface area contributed by atoms with E-state index in [4.69, 9.17) is 0 Å². The van der Waals surface area contributed by atoms with Crippen LogP contribution in [0.1, 0.15) is 20.8 Å². The minimum atomic E-state index is -6.75. The number of esters is 1. The summed E-state index contributed by atoms with van der Waals surface area (Å²) in [5.41, 5.74) is -14.0. The van der Waals surface area contributed by atoms with Crippen molar-refractivity contribution >= 4 is 23.5 Å². The van der Waals surface area contributed by atoms with Gasteiger partial charge in [-0.15, -0.1) is 0 Å². The highest BCUT2D eigenvalue weighted by atomic mass is 19.4. The molecule has 0 bridgehead atoms. The molecule has 0 aromatic carbocycles. The summed E-state index contributed by atoms with van der Waals surface area (Å²) in [5, 5.41) is 0.660. The topological polar surface area (TPSA) is 96.9 Å². The molecular formula is C15H15F12N3O4. The number of amides is 2. The van der Waals surface area contributed by atoms with Crippen LogP contribution < -0.4 is 10.6 Å². The quantitative estimate of drug-likeness (QED) is 0.314. The van der Waals surface area contributed by atoms with E-state index < -0.39 is 65.3 Å². The molecule has 2 N–H and O–H groups in total. The lowest BCUT2D eigenvalue weighted by Gasteiger charge is -2.42. The number of hydrogen-bond donors (Lipinski definition) is 2. The van der Waals surface area contributed by atoms with E-state index in [9.17, 15) is 67.1 Å². The third-order valence-electron chi connectivity index (χ3n) is 4.08. The zero-order valence-corrected chi connectivity index (χ0v) is 17.2. The molecule has 0 fully saturated rings. The Morgan fingerprint density at radius 1 is 0.676 bits per heavy atom. The second-order valence-corrected chi connectivity index (χ2v) is 6.58. The normalized spacial score (nSPS) is 15.5. The van der Waals surface area contributed by atoms with Gasteiger partial charge in [-0.25, -0.2) is 4.99 Å². The molecule has 19 heteroatoms. The van der Waals surface area contributed by atoms with Crippen LogP contribution >= 0.6 is 0 Å².